The number of rotatable bonds is 7. The molecular weight excluding hydrogens is 526 g/mol. The van der Waals surface area contributed by atoms with Gasteiger partial charge in [0.05, 0.1) is 24.4 Å². The van der Waals surface area contributed by atoms with Gasteiger partial charge in [-0.3, -0.25) is 9.69 Å². The van der Waals surface area contributed by atoms with Gasteiger partial charge in [-0.2, -0.15) is 5.26 Å². The zero-order valence-electron chi connectivity index (χ0n) is 24.4. The number of methoxy groups -OCH3 is 1. The van der Waals surface area contributed by atoms with Crippen molar-refractivity contribution in [2.75, 3.05) is 49.6 Å². The number of benzene rings is 3. The van der Waals surface area contributed by atoms with E-state index in [1.165, 1.54) is 29.0 Å². The summed E-state index contributed by atoms with van der Waals surface area (Å²) in [5, 5.41) is 9.32. The zero-order chi connectivity index (χ0) is 29.3. The fraction of sp³-hybridized carbons (Fsp3) is 0.382. The number of urea groups is 1. The molecule has 3 amide bonds. The summed E-state index contributed by atoms with van der Waals surface area (Å²) in [6.07, 6.45) is 3.73. The molecule has 3 fully saturated rings. The smallest absolute Gasteiger partial charge is 0.332 e. The standard InChI is InChI=1S/C34H37N5O3/c1-3-38-33(41)39(29-13-14-30(31(22-29)42-2)27-8-6-7-26(21-27)23-35)32(40)34(38)15-19-36(20-16-34)24-25-9-11-28(12-10-25)37-17-4-5-18-37/h6-14,21-22H,3-5,15-20,24H2,1-2H3. The molecule has 0 N–H and O–H groups in total. The van der Waals surface area contributed by atoms with Gasteiger partial charge in [-0.15, -0.1) is 0 Å². The number of likely N-dealkylation sites (tertiary alicyclic amines) is 1. The molecule has 0 aliphatic carbocycles. The van der Waals surface area contributed by atoms with Crippen molar-refractivity contribution in [1.82, 2.24) is 9.80 Å². The van der Waals surface area contributed by atoms with Crippen LogP contribution in [0, 0.1) is 11.3 Å². The lowest BCUT2D eigenvalue weighted by atomic mass is 9.85. The number of anilines is 2. The molecule has 42 heavy (non-hydrogen) atoms. The highest BCUT2D eigenvalue weighted by atomic mass is 16.5. The minimum Gasteiger partial charge on any atom is -0.496 e. The SMILES string of the molecule is CCN1C(=O)N(c2ccc(-c3cccc(C#N)c3)c(OC)c2)C(=O)C12CCN(Cc1ccc(N3CCCC3)cc1)CC2. The van der Waals surface area contributed by atoms with Crippen molar-refractivity contribution < 1.29 is 14.3 Å². The number of nitrogens with zero attached hydrogens (tertiary/aromatic N) is 5. The molecule has 8 nitrogen and oxygen atoms in total. The number of hydrogen-bond acceptors (Lipinski definition) is 6. The van der Waals surface area contributed by atoms with E-state index < -0.39 is 5.54 Å². The minimum absolute atomic E-state index is 0.162. The lowest BCUT2D eigenvalue weighted by Crippen LogP contribution is -2.56. The van der Waals surface area contributed by atoms with E-state index in [1.807, 2.05) is 25.1 Å². The first-order valence-corrected chi connectivity index (χ1v) is 14.9. The van der Waals surface area contributed by atoms with Gasteiger partial charge in [0.15, 0.2) is 0 Å². The van der Waals surface area contributed by atoms with Gasteiger partial charge in [0.1, 0.15) is 11.3 Å². The molecule has 3 aromatic rings. The maximum Gasteiger partial charge on any atom is 0.332 e. The maximum atomic E-state index is 14.1. The third-order valence-corrected chi connectivity index (χ3v) is 9.10. The Balaban J connectivity index is 1.18. The Bertz CT molecular complexity index is 1510. The predicted molar refractivity (Wildman–Crippen MR) is 164 cm³/mol. The fourth-order valence-corrected chi connectivity index (χ4v) is 6.80. The second kappa shape index (κ2) is 11.5. The summed E-state index contributed by atoms with van der Waals surface area (Å²) in [6.45, 7) is 7.01. The van der Waals surface area contributed by atoms with Crippen LogP contribution in [0.5, 0.6) is 5.75 Å². The van der Waals surface area contributed by atoms with Crippen LogP contribution in [0.4, 0.5) is 16.2 Å². The summed E-state index contributed by atoms with van der Waals surface area (Å²) in [6, 6.07) is 23.4. The fourth-order valence-electron chi connectivity index (χ4n) is 6.80. The summed E-state index contributed by atoms with van der Waals surface area (Å²) in [5.41, 5.74) is 4.40. The Labute approximate surface area is 247 Å². The summed E-state index contributed by atoms with van der Waals surface area (Å²) in [7, 11) is 1.57. The average molecular weight is 564 g/mol. The van der Waals surface area contributed by atoms with E-state index in [4.69, 9.17) is 4.74 Å². The lowest BCUT2D eigenvalue weighted by Gasteiger charge is -2.41. The van der Waals surface area contributed by atoms with Gasteiger partial charge in [-0.1, -0.05) is 24.3 Å². The van der Waals surface area contributed by atoms with Crippen LogP contribution < -0.4 is 14.5 Å². The second-order valence-electron chi connectivity index (χ2n) is 11.4. The Morgan fingerprint density at radius 1 is 0.905 bits per heavy atom. The van der Waals surface area contributed by atoms with Crippen LogP contribution in [0.3, 0.4) is 0 Å². The molecule has 8 heteroatoms. The highest BCUT2D eigenvalue weighted by molar-refractivity contribution is 6.23. The molecule has 0 unspecified atom stereocenters. The molecule has 3 aliphatic rings. The van der Waals surface area contributed by atoms with Crippen molar-refractivity contribution in [3.8, 4) is 22.9 Å². The van der Waals surface area contributed by atoms with Crippen molar-refractivity contribution in [2.45, 2.75) is 44.7 Å². The number of piperidine rings is 1. The number of amides is 3. The summed E-state index contributed by atoms with van der Waals surface area (Å²) < 4.78 is 5.69. The average Bonchev–Trinajstić information content (AvgIpc) is 3.64. The van der Waals surface area contributed by atoms with Crippen molar-refractivity contribution in [1.29, 1.82) is 5.26 Å². The number of carbonyl (C=O) groups is 2. The molecule has 0 aromatic heterocycles. The van der Waals surface area contributed by atoms with Crippen molar-refractivity contribution >= 4 is 23.3 Å². The van der Waals surface area contributed by atoms with Crippen molar-refractivity contribution in [3.05, 3.63) is 77.9 Å². The zero-order valence-corrected chi connectivity index (χ0v) is 24.4. The third-order valence-electron chi connectivity index (χ3n) is 9.10. The van der Waals surface area contributed by atoms with Crippen LogP contribution in [0.2, 0.25) is 0 Å². The number of imide groups is 1. The summed E-state index contributed by atoms with van der Waals surface area (Å²) in [5.74, 6) is 0.378. The first-order chi connectivity index (χ1) is 20.5. The lowest BCUT2D eigenvalue weighted by molar-refractivity contribution is -0.127. The molecule has 3 aromatic carbocycles. The van der Waals surface area contributed by atoms with E-state index in [0.717, 1.165) is 43.9 Å². The monoisotopic (exact) mass is 563 g/mol. The van der Waals surface area contributed by atoms with Crippen LogP contribution in [0.25, 0.3) is 11.1 Å². The molecule has 0 bridgehead atoms. The number of hydrogen-bond donors (Lipinski definition) is 0. The van der Waals surface area contributed by atoms with Crippen LogP contribution in [0.15, 0.2) is 66.7 Å². The number of ether oxygens (including phenoxy) is 1. The molecule has 6 rings (SSSR count). The van der Waals surface area contributed by atoms with Crippen molar-refractivity contribution in [2.24, 2.45) is 0 Å². The quantitative estimate of drug-likeness (QED) is 0.345. The van der Waals surface area contributed by atoms with Gasteiger partial charge in [-0.05, 0) is 80.1 Å². The largest absolute Gasteiger partial charge is 0.496 e. The Morgan fingerprint density at radius 3 is 2.29 bits per heavy atom. The molecule has 3 aliphatic heterocycles. The van der Waals surface area contributed by atoms with Gasteiger partial charge in [0.25, 0.3) is 5.91 Å². The molecule has 0 atom stereocenters. The summed E-state index contributed by atoms with van der Waals surface area (Å²) in [4.78, 5) is 35.7. The molecule has 0 radical (unpaired) electrons. The van der Waals surface area contributed by atoms with Crippen LogP contribution >= 0.6 is 0 Å². The molecule has 3 saturated heterocycles. The van der Waals surface area contributed by atoms with Crippen LogP contribution in [-0.2, 0) is 11.3 Å². The van der Waals surface area contributed by atoms with Gasteiger partial charge in [0, 0.05) is 56.6 Å². The van der Waals surface area contributed by atoms with Crippen LogP contribution in [0.1, 0.15) is 43.7 Å². The Morgan fingerprint density at radius 2 is 1.62 bits per heavy atom. The highest BCUT2D eigenvalue weighted by Gasteiger charge is 2.57. The second-order valence-corrected chi connectivity index (χ2v) is 11.4. The highest BCUT2D eigenvalue weighted by Crippen LogP contribution is 2.42. The van der Waals surface area contributed by atoms with Gasteiger partial charge in [0.2, 0.25) is 0 Å². The van der Waals surface area contributed by atoms with E-state index in [2.05, 4.69) is 40.1 Å². The first kappa shape index (κ1) is 27.8. The van der Waals surface area contributed by atoms with Gasteiger partial charge in [-0.25, -0.2) is 9.69 Å². The predicted octanol–water partition coefficient (Wildman–Crippen LogP) is 5.66. The number of carbonyl (C=O) groups excluding carboxylic acids is 2. The first-order valence-electron chi connectivity index (χ1n) is 14.9. The Hall–Kier alpha value is -4.35. The van der Waals surface area contributed by atoms with E-state index in [0.29, 0.717) is 36.4 Å². The van der Waals surface area contributed by atoms with E-state index in [-0.39, 0.29) is 11.9 Å². The topological polar surface area (TPSA) is 80.1 Å². The maximum absolute atomic E-state index is 14.1. The van der Waals surface area contributed by atoms with E-state index >= 15 is 0 Å². The number of likely N-dealkylation sites (N-methyl/N-ethyl adjacent to an activating group) is 1. The molecule has 3 heterocycles. The van der Waals surface area contributed by atoms with E-state index in [9.17, 15) is 14.9 Å². The third kappa shape index (κ3) is 4.88. The number of nitriles is 1. The Kier molecular flexibility index (Phi) is 7.61. The van der Waals surface area contributed by atoms with Gasteiger partial charge < -0.3 is 14.5 Å². The van der Waals surface area contributed by atoms with Crippen molar-refractivity contribution in [3.63, 3.8) is 0 Å². The molecular formula is C34H37N5O3. The van der Waals surface area contributed by atoms with E-state index in [1.54, 1.807) is 36.3 Å². The summed E-state index contributed by atoms with van der Waals surface area (Å²) >= 11 is 0. The minimum atomic E-state index is -0.838. The molecule has 0 saturated carbocycles. The molecule has 1 spiro atoms. The van der Waals surface area contributed by atoms with Gasteiger partial charge >= 0.3 is 6.03 Å². The molecule has 216 valence electrons. The normalized spacial score (nSPS) is 18.6. The van der Waals surface area contributed by atoms with Crippen LogP contribution in [-0.4, -0.2) is 67.1 Å².